The van der Waals surface area contributed by atoms with E-state index in [1.807, 2.05) is 23.6 Å². The van der Waals surface area contributed by atoms with Crippen molar-refractivity contribution in [1.82, 2.24) is 19.7 Å². The van der Waals surface area contributed by atoms with E-state index in [0.29, 0.717) is 24.2 Å². The van der Waals surface area contributed by atoms with Crippen LogP contribution in [0.4, 0.5) is 0 Å². The number of carbonyl (C=O) groups is 1. The van der Waals surface area contributed by atoms with Crippen molar-refractivity contribution < 1.29 is 4.79 Å². The number of nitrogens with zero attached hydrogens (tertiary/aromatic N) is 5. The van der Waals surface area contributed by atoms with Crippen molar-refractivity contribution in [2.45, 2.75) is 13.5 Å². The van der Waals surface area contributed by atoms with Crippen molar-refractivity contribution in [2.75, 3.05) is 0 Å². The molecule has 3 aromatic rings. The van der Waals surface area contributed by atoms with E-state index in [2.05, 4.69) is 21.3 Å². The van der Waals surface area contributed by atoms with Gasteiger partial charge in [0.15, 0.2) is 6.29 Å². The summed E-state index contributed by atoms with van der Waals surface area (Å²) in [6.45, 7) is 2.69. The molecule has 0 bridgehead atoms. The molecule has 6 heteroatoms. The van der Waals surface area contributed by atoms with Gasteiger partial charge in [-0.1, -0.05) is 0 Å². The molecule has 3 rings (SSSR count). The second-order valence-electron chi connectivity index (χ2n) is 4.48. The summed E-state index contributed by atoms with van der Waals surface area (Å²) in [6, 6.07) is 9.14. The molecule has 1 aromatic carbocycles. The fraction of sp³-hybridized carbons (Fsp3) is 0.133. The first-order chi connectivity index (χ1) is 10.3. The molecule has 0 amide bonds. The van der Waals surface area contributed by atoms with E-state index in [-0.39, 0.29) is 5.69 Å². The second kappa shape index (κ2) is 5.13. The zero-order valence-corrected chi connectivity index (χ0v) is 11.3. The Morgan fingerprint density at radius 1 is 1.38 bits per heavy atom. The molecule has 0 aliphatic rings. The van der Waals surface area contributed by atoms with Crippen LogP contribution in [-0.2, 0) is 6.54 Å². The molecule has 102 valence electrons. The molecule has 0 saturated heterocycles. The van der Waals surface area contributed by atoms with Gasteiger partial charge in [-0.3, -0.25) is 4.79 Å². The Morgan fingerprint density at radius 3 is 2.95 bits per heavy atom. The average molecular weight is 277 g/mol. The molecular formula is C15H11N5O. The Morgan fingerprint density at radius 2 is 2.24 bits per heavy atom. The molecule has 0 unspecified atom stereocenters. The van der Waals surface area contributed by atoms with Gasteiger partial charge >= 0.3 is 0 Å². The van der Waals surface area contributed by atoms with Crippen LogP contribution >= 0.6 is 0 Å². The van der Waals surface area contributed by atoms with Crippen LogP contribution in [-0.4, -0.2) is 26.0 Å². The van der Waals surface area contributed by atoms with Crippen molar-refractivity contribution >= 4 is 17.3 Å². The van der Waals surface area contributed by atoms with Crippen molar-refractivity contribution in [3.05, 3.63) is 41.7 Å². The summed E-state index contributed by atoms with van der Waals surface area (Å²) in [4.78, 5) is 15.4. The standard InChI is InChI=1S/C15H11N5O/c1-2-20-14-5-10(7-16)3-4-13(14)18-15(20)11-6-12(9-21)19-17-8-11/h3-6,8-9H,2H2,1H3. The minimum Gasteiger partial charge on any atom is -0.324 e. The van der Waals surface area contributed by atoms with Crippen LogP contribution in [0.2, 0.25) is 0 Å². The predicted octanol–water partition coefficient (Wildman–Crippen LogP) is 2.20. The van der Waals surface area contributed by atoms with Gasteiger partial charge in [0.2, 0.25) is 0 Å². The van der Waals surface area contributed by atoms with E-state index in [0.717, 1.165) is 16.6 Å². The third kappa shape index (κ3) is 2.15. The number of aldehydes is 1. The molecule has 0 spiro atoms. The van der Waals surface area contributed by atoms with E-state index < -0.39 is 0 Å². The van der Waals surface area contributed by atoms with Gasteiger partial charge in [0.05, 0.1) is 28.9 Å². The second-order valence-corrected chi connectivity index (χ2v) is 4.48. The van der Waals surface area contributed by atoms with Crippen LogP contribution < -0.4 is 0 Å². The molecule has 2 heterocycles. The number of hydrogen-bond acceptors (Lipinski definition) is 5. The van der Waals surface area contributed by atoms with Gasteiger partial charge in [0.25, 0.3) is 0 Å². The molecule has 0 fully saturated rings. The lowest BCUT2D eigenvalue weighted by Gasteiger charge is -2.05. The predicted molar refractivity (Wildman–Crippen MR) is 76.5 cm³/mol. The summed E-state index contributed by atoms with van der Waals surface area (Å²) in [6.07, 6.45) is 2.23. The van der Waals surface area contributed by atoms with E-state index >= 15 is 0 Å². The SMILES string of the molecule is CCn1c(-c2cnnc(C=O)c2)nc2ccc(C#N)cc21. The highest BCUT2D eigenvalue weighted by molar-refractivity contribution is 5.82. The number of rotatable bonds is 3. The van der Waals surface area contributed by atoms with Crippen LogP contribution in [0.5, 0.6) is 0 Å². The largest absolute Gasteiger partial charge is 0.324 e. The Labute approximate surface area is 120 Å². The van der Waals surface area contributed by atoms with Gasteiger partial charge < -0.3 is 4.57 Å². The summed E-state index contributed by atoms with van der Waals surface area (Å²) in [5.74, 6) is 0.709. The Hall–Kier alpha value is -3.07. The molecule has 21 heavy (non-hydrogen) atoms. The maximum Gasteiger partial charge on any atom is 0.170 e. The highest BCUT2D eigenvalue weighted by atomic mass is 16.1. The molecule has 0 N–H and O–H groups in total. The van der Waals surface area contributed by atoms with E-state index in [4.69, 9.17) is 5.26 Å². The van der Waals surface area contributed by atoms with Crippen LogP contribution in [0.1, 0.15) is 23.0 Å². The Kier molecular flexibility index (Phi) is 3.16. The smallest absolute Gasteiger partial charge is 0.170 e. The van der Waals surface area contributed by atoms with Gasteiger partial charge in [-0.25, -0.2) is 4.98 Å². The van der Waals surface area contributed by atoms with Gasteiger partial charge in [0.1, 0.15) is 11.5 Å². The molecule has 0 radical (unpaired) electrons. The summed E-state index contributed by atoms with van der Waals surface area (Å²) < 4.78 is 1.99. The molecular weight excluding hydrogens is 266 g/mol. The third-order valence-corrected chi connectivity index (χ3v) is 3.25. The number of aryl methyl sites for hydroxylation is 1. The Bertz CT molecular complexity index is 875. The number of benzene rings is 1. The molecule has 0 saturated carbocycles. The van der Waals surface area contributed by atoms with Gasteiger partial charge in [-0.15, -0.1) is 5.10 Å². The topological polar surface area (TPSA) is 84.5 Å². The average Bonchev–Trinajstić information content (AvgIpc) is 2.92. The fourth-order valence-corrected chi connectivity index (χ4v) is 2.30. The Balaban J connectivity index is 2.27. The summed E-state index contributed by atoms with van der Waals surface area (Å²) in [7, 11) is 0. The highest BCUT2D eigenvalue weighted by Gasteiger charge is 2.13. The number of imidazole rings is 1. The van der Waals surface area contributed by atoms with Crippen molar-refractivity contribution in [3.8, 4) is 17.5 Å². The summed E-state index contributed by atoms with van der Waals surface area (Å²) in [5, 5.41) is 16.6. The maximum absolute atomic E-state index is 10.8. The zero-order chi connectivity index (χ0) is 14.8. The van der Waals surface area contributed by atoms with Gasteiger partial charge in [-0.05, 0) is 31.2 Å². The monoisotopic (exact) mass is 277 g/mol. The van der Waals surface area contributed by atoms with Crippen LogP contribution in [0.25, 0.3) is 22.4 Å². The van der Waals surface area contributed by atoms with E-state index in [1.165, 1.54) is 0 Å². The lowest BCUT2D eigenvalue weighted by Crippen LogP contribution is -1.99. The maximum atomic E-state index is 10.8. The fourth-order valence-electron chi connectivity index (χ4n) is 2.30. The minimum absolute atomic E-state index is 0.264. The first-order valence-corrected chi connectivity index (χ1v) is 6.45. The molecule has 0 aliphatic carbocycles. The molecule has 0 aliphatic heterocycles. The summed E-state index contributed by atoms with van der Waals surface area (Å²) in [5.41, 5.74) is 3.26. The molecule has 6 nitrogen and oxygen atoms in total. The van der Waals surface area contributed by atoms with E-state index in [9.17, 15) is 4.79 Å². The van der Waals surface area contributed by atoms with Crippen LogP contribution in [0.15, 0.2) is 30.5 Å². The van der Waals surface area contributed by atoms with Crippen molar-refractivity contribution in [3.63, 3.8) is 0 Å². The molecule has 2 aromatic heterocycles. The first kappa shape index (κ1) is 12.9. The minimum atomic E-state index is 0.264. The lowest BCUT2D eigenvalue weighted by molar-refractivity contribution is 0.111. The quantitative estimate of drug-likeness (QED) is 0.685. The first-order valence-electron chi connectivity index (χ1n) is 6.45. The van der Waals surface area contributed by atoms with Crippen molar-refractivity contribution in [2.24, 2.45) is 0 Å². The summed E-state index contributed by atoms with van der Waals surface area (Å²) >= 11 is 0. The number of hydrogen-bond donors (Lipinski definition) is 0. The van der Waals surface area contributed by atoms with Crippen molar-refractivity contribution in [1.29, 1.82) is 5.26 Å². The number of nitriles is 1. The normalized spacial score (nSPS) is 10.5. The van der Waals surface area contributed by atoms with Crippen LogP contribution in [0, 0.1) is 11.3 Å². The van der Waals surface area contributed by atoms with Gasteiger partial charge in [0, 0.05) is 12.1 Å². The van der Waals surface area contributed by atoms with Gasteiger partial charge in [-0.2, -0.15) is 10.4 Å². The zero-order valence-electron chi connectivity index (χ0n) is 11.3. The third-order valence-electron chi connectivity index (χ3n) is 3.25. The van der Waals surface area contributed by atoms with Crippen LogP contribution in [0.3, 0.4) is 0 Å². The molecule has 0 atom stereocenters. The van der Waals surface area contributed by atoms with E-state index in [1.54, 1.807) is 18.3 Å². The lowest BCUT2D eigenvalue weighted by atomic mass is 10.2. The highest BCUT2D eigenvalue weighted by Crippen LogP contribution is 2.25. The number of fused-ring (bicyclic) bond motifs is 1. The number of aromatic nitrogens is 4. The number of carbonyl (C=O) groups excluding carboxylic acids is 1.